The van der Waals surface area contributed by atoms with Gasteiger partial charge in [-0.15, -0.1) is 0 Å². The van der Waals surface area contributed by atoms with Gasteiger partial charge in [0.15, 0.2) is 11.6 Å². The van der Waals surface area contributed by atoms with Crippen LogP contribution in [-0.2, 0) is 0 Å². The quantitative estimate of drug-likeness (QED) is 0.171. The summed E-state index contributed by atoms with van der Waals surface area (Å²) in [5.41, 5.74) is 0.349. The summed E-state index contributed by atoms with van der Waals surface area (Å²) in [6, 6.07) is 26.5. The Morgan fingerprint density at radius 3 is 1.26 bits per heavy atom. The van der Waals surface area contributed by atoms with E-state index in [1.807, 2.05) is 0 Å². The van der Waals surface area contributed by atoms with Crippen molar-refractivity contribution in [2.24, 2.45) is 0 Å². The Kier molecular flexibility index (Phi) is 6.92. The summed E-state index contributed by atoms with van der Waals surface area (Å²) < 4.78 is 0. The molecule has 8 heteroatoms. The molecule has 6 nitrogen and oxygen atoms in total. The standard InChI is InChI=1S/C30H18Cl2N2O4/c31-19-11-13-23(21(15-19)27(35)17-7-3-1-4-8-17)33-25-26(30(38)29(25)37)34-24-14-12-20(32)16-22(24)28(36)18-9-5-2-6-10-18/h1-16,33-34H. The Labute approximate surface area is 227 Å². The molecule has 0 bridgehead atoms. The van der Waals surface area contributed by atoms with Crippen LogP contribution in [0.5, 0.6) is 0 Å². The van der Waals surface area contributed by atoms with Gasteiger partial charge in [-0.2, -0.15) is 0 Å². The number of halogens is 2. The van der Waals surface area contributed by atoms with Crippen LogP contribution in [0.25, 0.3) is 0 Å². The first-order valence-electron chi connectivity index (χ1n) is 11.5. The lowest BCUT2D eigenvalue weighted by atomic mass is 10.0. The van der Waals surface area contributed by atoms with Crippen molar-refractivity contribution in [2.45, 2.75) is 0 Å². The van der Waals surface area contributed by atoms with E-state index in [9.17, 15) is 19.2 Å². The minimum atomic E-state index is -0.759. The number of hydrogen-bond acceptors (Lipinski definition) is 6. The van der Waals surface area contributed by atoms with E-state index in [0.29, 0.717) is 32.5 Å². The molecule has 5 rings (SSSR count). The summed E-state index contributed by atoms with van der Waals surface area (Å²) in [5, 5.41) is 6.52. The highest BCUT2D eigenvalue weighted by molar-refractivity contribution is 6.32. The maximum Gasteiger partial charge on any atom is 0.253 e. The lowest BCUT2D eigenvalue weighted by molar-refractivity contribution is 0.103. The molecule has 0 radical (unpaired) electrons. The van der Waals surface area contributed by atoms with Gasteiger partial charge in [0.25, 0.3) is 10.9 Å². The van der Waals surface area contributed by atoms with Gasteiger partial charge in [0.2, 0.25) is 0 Å². The number of carbonyl (C=O) groups excluding carboxylic acids is 2. The first-order chi connectivity index (χ1) is 18.3. The predicted octanol–water partition coefficient (Wildman–Crippen LogP) is 6.54. The lowest BCUT2D eigenvalue weighted by Crippen LogP contribution is -2.36. The molecule has 38 heavy (non-hydrogen) atoms. The number of benzene rings is 4. The fraction of sp³-hybridized carbons (Fsp3) is 0. The molecule has 186 valence electrons. The average Bonchev–Trinajstić information content (AvgIpc) is 2.96. The summed E-state index contributed by atoms with van der Waals surface area (Å²) in [4.78, 5) is 51.5. The lowest BCUT2D eigenvalue weighted by Gasteiger charge is -2.18. The molecule has 5 aromatic carbocycles. The van der Waals surface area contributed by atoms with Crippen LogP contribution < -0.4 is 21.5 Å². The fourth-order valence-electron chi connectivity index (χ4n) is 4.02. The molecule has 0 heterocycles. The molecule has 0 unspecified atom stereocenters. The summed E-state index contributed by atoms with van der Waals surface area (Å²) in [6.45, 7) is 0. The Morgan fingerprint density at radius 1 is 0.526 bits per heavy atom. The van der Waals surface area contributed by atoms with Crippen molar-refractivity contribution in [3.05, 3.63) is 150 Å². The van der Waals surface area contributed by atoms with Crippen LogP contribution in [0.4, 0.5) is 22.7 Å². The number of nitrogens with one attached hydrogen (secondary N) is 2. The first-order valence-corrected chi connectivity index (χ1v) is 12.2. The zero-order valence-electron chi connectivity index (χ0n) is 19.6. The number of hydrogen-bond donors (Lipinski definition) is 2. The molecular formula is C30H18Cl2N2O4. The first kappa shape index (κ1) is 25.1. The van der Waals surface area contributed by atoms with E-state index in [1.165, 1.54) is 12.1 Å². The highest BCUT2D eigenvalue weighted by atomic mass is 35.5. The maximum absolute atomic E-state index is 13.2. The molecule has 0 atom stereocenters. The largest absolute Gasteiger partial charge is 0.350 e. The van der Waals surface area contributed by atoms with Gasteiger partial charge in [-0.1, -0.05) is 83.9 Å². The van der Waals surface area contributed by atoms with Crippen molar-refractivity contribution in [1.29, 1.82) is 0 Å². The number of carbonyl (C=O) groups is 2. The van der Waals surface area contributed by atoms with Crippen LogP contribution in [0.2, 0.25) is 10.0 Å². The highest BCUT2D eigenvalue weighted by Crippen LogP contribution is 2.31. The second kappa shape index (κ2) is 10.5. The van der Waals surface area contributed by atoms with Gasteiger partial charge in [-0.05, 0) is 36.4 Å². The minimum Gasteiger partial charge on any atom is -0.350 e. The normalized spacial score (nSPS) is 10.8. The second-order valence-corrected chi connectivity index (χ2v) is 9.30. The SMILES string of the molecule is O=C(c1ccccc1)c1cc(Cl)ccc1Nc1c(Nc2ccc(Cl)cc2C(=O)c2ccccc2)c(=O)c1=O. The van der Waals surface area contributed by atoms with Gasteiger partial charge in [-0.25, -0.2) is 0 Å². The molecule has 0 saturated heterocycles. The van der Waals surface area contributed by atoms with Gasteiger partial charge in [0.1, 0.15) is 11.4 Å². The maximum atomic E-state index is 13.2. The monoisotopic (exact) mass is 540 g/mol. The predicted molar refractivity (Wildman–Crippen MR) is 151 cm³/mol. The third-order valence-corrected chi connectivity index (χ3v) is 6.42. The summed E-state index contributed by atoms with van der Waals surface area (Å²) >= 11 is 12.3. The van der Waals surface area contributed by atoms with E-state index in [-0.39, 0.29) is 34.1 Å². The average molecular weight is 541 g/mol. The van der Waals surface area contributed by atoms with Crippen LogP contribution in [-0.4, -0.2) is 11.6 Å². The van der Waals surface area contributed by atoms with Gasteiger partial charge < -0.3 is 10.6 Å². The van der Waals surface area contributed by atoms with Crippen molar-refractivity contribution in [1.82, 2.24) is 0 Å². The third kappa shape index (κ3) is 4.87. The van der Waals surface area contributed by atoms with Crippen molar-refractivity contribution < 1.29 is 9.59 Å². The zero-order valence-corrected chi connectivity index (χ0v) is 21.1. The van der Waals surface area contributed by atoms with E-state index in [4.69, 9.17) is 23.2 Å². The molecule has 0 aliphatic heterocycles. The number of ketones is 2. The van der Waals surface area contributed by atoms with Crippen LogP contribution in [0.15, 0.2) is 107 Å². The zero-order chi connectivity index (χ0) is 26.8. The van der Waals surface area contributed by atoms with Gasteiger partial charge in [0, 0.05) is 43.7 Å². The van der Waals surface area contributed by atoms with Crippen molar-refractivity contribution in [3.63, 3.8) is 0 Å². The Morgan fingerprint density at radius 2 is 0.895 bits per heavy atom. The smallest absolute Gasteiger partial charge is 0.253 e. The molecule has 0 amide bonds. The number of rotatable bonds is 8. The van der Waals surface area contributed by atoms with Crippen molar-refractivity contribution in [3.8, 4) is 0 Å². The van der Waals surface area contributed by atoms with Gasteiger partial charge >= 0.3 is 0 Å². The van der Waals surface area contributed by atoms with Crippen molar-refractivity contribution >= 4 is 57.5 Å². The van der Waals surface area contributed by atoms with E-state index in [2.05, 4.69) is 10.6 Å². The molecule has 0 aromatic heterocycles. The second-order valence-electron chi connectivity index (χ2n) is 8.43. The molecule has 0 fully saturated rings. The van der Waals surface area contributed by atoms with Crippen molar-refractivity contribution in [2.75, 3.05) is 10.6 Å². The summed E-state index contributed by atoms with van der Waals surface area (Å²) in [5.74, 6) is -0.616. The van der Waals surface area contributed by atoms with Gasteiger partial charge in [-0.3, -0.25) is 19.2 Å². The Hall–Kier alpha value is -4.52. The van der Waals surface area contributed by atoms with Crippen LogP contribution in [0.1, 0.15) is 31.8 Å². The Bertz CT molecular complexity index is 1630. The van der Waals surface area contributed by atoms with Crippen LogP contribution in [0.3, 0.4) is 0 Å². The molecule has 0 saturated carbocycles. The number of anilines is 4. The topological polar surface area (TPSA) is 92.3 Å². The Balaban J connectivity index is 1.50. The molecular weight excluding hydrogens is 523 g/mol. The highest BCUT2D eigenvalue weighted by Gasteiger charge is 2.25. The van der Waals surface area contributed by atoms with Gasteiger partial charge in [0.05, 0.1) is 0 Å². The van der Waals surface area contributed by atoms with Crippen LogP contribution in [0, 0.1) is 0 Å². The van der Waals surface area contributed by atoms with E-state index in [1.54, 1.807) is 84.9 Å². The molecule has 0 aliphatic carbocycles. The molecule has 5 aromatic rings. The summed E-state index contributed by atoms with van der Waals surface area (Å²) in [6.07, 6.45) is 0. The molecule has 0 aliphatic rings. The van der Waals surface area contributed by atoms with E-state index < -0.39 is 10.9 Å². The summed E-state index contributed by atoms with van der Waals surface area (Å²) in [7, 11) is 0. The molecule has 0 spiro atoms. The van der Waals surface area contributed by atoms with E-state index >= 15 is 0 Å². The molecule has 2 N–H and O–H groups in total. The van der Waals surface area contributed by atoms with E-state index in [0.717, 1.165) is 0 Å². The third-order valence-electron chi connectivity index (χ3n) is 5.95. The minimum absolute atomic E-state index is 0.0347. The fourth-order valence-corrected chi connectivity index (χ4v) is 4.36. The van der Waals surface area contributed by atoms with Crippen LogP contribution >= 0.6 is 23.2 Å².